The van der Waals surface area contributed by atoms with E-state index in [-0.39, 0.29) is 6.04 Å². The Bertz CT molecular complexity index is 1120. The number of rotatable bonds is 6. The van der Waals surface area contributed by atoms with Crippen molar-refractivity contribution in [1.29, 1.82) is 0 Å². The summed E-state index contributed by atoms with van der Waals surface area (Å²) in [5, 5.41) is 7.34. The molecule has 0 aliphatic carbocycles. The van der Waals surface area contributed by atoms with E-state index < -0.39 is 11.7 Å². The molecule has 1 N–H and O–H groups in total. The highest BCUT2D eigenvalue weighted by molar-refractivity contribution is 6.43. The molecule has 1 amide bonds. The summed E-state index contributed by atoms with van der Waals surface area (Å²) in [6.07, 6.45) is 0.625. The molecule has 1 unspecified atom stereocenters. The number of nitrogens with one attached hydrogen (secondary N) is 1. The third kappa shape index (κ3) is 4.03. The molecule has 0 fully saturated rings. The van der Waals surface area contributed by atoms with E-state index in [1.807, 2.05) is 55.5 Å². The lowest BCUT2D eigenvalue weighted by Gasteiger charge is -2.22. The van der Waals surface area contributed by atoms with Gasteiger partial charge in [-0.25, -0.2) is 4.68 Å². The minimum atomic E-state index is -0.652. The predicted octanol–water partition coefficient (Wildman–Crippen LogP) is 3.71. The van der Waals surface area contributed by atoms with Crippen LogP contribution in [0.5, 0.6) is 11.5 Å². The van der Waals surface area contributed by atoms with Crippen molar-refractivity contribution in [3.05, 3.63) is 71.0 Å². The summed E-state index contributed by atoms with van der Waals surface area (Å²) >= 11 is 0. The SMILES string of the molecule is CCC(NC(=O)C(=O)c1c(C)nn(-c2ccccc2)c1C)c1ccc2c(c1)OCCO2. The molecule has 31 heavy (non-hydrogen) atoms. The van der Waals surface area contributed by atoms with Crippen molar-refractivity contribution in [3.63, 3.8) is 0 Å². The fourth-order valence-corrected chi connectivity index (χ4v) is 3.83. The van der Waals surface area contributed by atoms with Gasteiger partial charge in [-0.2, -0.15) is 5.10 Å². The molecule has 160 valence electrons. The van der Waals surface area contributed by atoms with Gasteiger partial charge >= 0.3 is 0 Å². The molecule has 3 aromatic rings. The Morgan fingerprint density at radius 2 is 1.77 bits per heavy atom. The Hall–Kier alpha value is -3.61. The number of aryl methyl sites for hydroxylation is 1. The molecule has 0 saturated heterocycles. The molecule has 7 nitrogen and oxygen atoms in total. The standard InChI is InChI=1S/C24H25N3O4/c1-4-19(17-10-11-20-21(14-17)31-13-12-30-20)25-24(29)23(28)22-15(2)26-27(16(22)3)18-8-6-5-7-9-18/h5-11,14,19H,4,12-13H2,1-3H3,(H,25,29). The number of nitrogens with zero attached hydrogens (tertiary/aromatic N) is 2. The van der Waals surface area contributed by atoms with E-state index in [0.717, 1.165) is 11.3 Å². The van der Waals surface area contributed by atoms with Crippen LogP contribution in [0.1, 0.15) is 46.7 Å². The van der Waals surface area contributed by atoms with Gasteiger partial charge in [0, 0.05) is 0 Å². The van der Waals surface area contributed by atoms with Gasteiger partial charge in [0.25, 0.3) is 11.7 Å². The molecule has 0 spiro atoms. The first kappa shape index (κ1) is 20.7. The monoisotopic (exact) mass is 419 g/mol. The van der Waals surface area contributed by atoms with Gasteiger partial charge in [0.05, 0.1) is 28.7 Å². The van der Waals surface area contributed by atoms with Gasteiger partial charge in [0.15, 0.2) is 11.5 Å². The van der Waals surface area contributed by atoms with Gasteiger partial charge in [-0.05, 0) is 50.1 Å². The zero-order valence-corrected chi connectivity index (χ0v) is 17.8. The van der Waals surface area contributed by atoms with Crippen LogP contribution in [0, 0.1) is 13.8 Å². The van der Waals surface area contributed by atoms with Crippen LogP contribution >= 0.6 is 0 Å². The van der Waals surface area contributed by atoms with Crippen molar-refractivity contribution >= 4 is 11.7 Å². The number of ketones is 1. The lowest BCUT2D eigenvalue weighted by atomic mass is 10.0. The Labute approximate surface area is 181 Å². The number of ether oxygens (including phenoxy) is 2. The van der Waals surface area contributed by atoms with Gasteiger partial charge < -0.3 is 14.8 Å². The van der Waals surface area contributed by atoms with E-state index in [0.29, 0.717) is 48.1 Å². The number of aromatic nitrogens is 2. The first-order valence-electron chi connectivity index (χ1n) is 10.4. The van der Waals surface area contributed by atoms with Crippen LogP contribution in [0.3, 0.4) is 0 Å². The molecule has 1 aromatic heterocycles. The third-order valence-electron chi connectivity index (χ3n) is 5.41. The van der Waals surface area contributed by atoms with Crippen LogP contribution < -0.4 is 14.8 Å². The normalized spacial score (nSPS) is 13.5. The zero-order chi connectivity index (χ0) is 22.0. The van der Waals surface area contributed by atoms with Crippen LogP contribution in [0.25, 0.3) is 5.69 Å². The van der Waals surface area contributed by atoms with Crippen LogP contribution in [0.2, 0.25) is 0 Å². The first-order chi connectivity index (χ1) is 15.0. The topological polar surface area (TPSA) is 82.5 Å². The van der Waals surface area contributed by atoms with Gasteiger partial charge in [-0.1, -0.05) is 31.2 Å². The highest BCUT2D eigenvalue weighted by Crippen LogP contribution is 2.33. The average molecular weight is 419 g/mol. The number of amides is 1. The second-order valence-electron chi connectivity index (χ2n) is 7.46. The summed E-state index contributed by atoms with van der Waals surface area (Å²) < 4.78 is 12.9. The van der Waals surface area contributed by atoms with Crippen molar-refractivity contribution in [1.82, 2.24) is 15.1 Å². The van der Waals surface area contributed by atoms with Crippen LogP contribution in [-0.2, 0) is 4.79 Å². The average Bonchev–Trinajstić information content (AvgIpc) is 3.10. The summed E-state index contributed by atoms with van der Waals surface area (Å²) in [5.74, 6) is 0.0964. The lowest BCUT2D eigenvalue weighted by Crippen LogP contribution is -2.34. The molecule has 2 heterocycles. The fourth-order valence-electron chi connectivity index (χ4n) is 3.83. The van der Waals surface area contributed by atoms with E-state index in [1.54, 1.807) is 18.5 Å². The summed E-state index contributed by atoms with van der Waals surface area (Å²) in [6.45, 7) is 6.50. The van der Waals surface area contributed by atoms with E-state index >= 15 is 0 Å². The minimum absolute atomic E-state index is 0.322. The molecule has 1 atom stereocenters. The molecule has 0 radical (unpaired) electrons. The first-order valence-corrected chi connectivity index (χ1v) is 10.4. The van der Waals surface area contributed by atoms with E-state index in [9.17, 15) is 9.59 Å². The molecule has 2 aromatic carbocycles. The number of fused-ring (bicyclic) bond motifs is 1. The van der Waals surface area contributed by atoms with Gasteiger partial charge in [0.1, 0.15) is 13.2 Å². The molecule has 1 aliphatic rings. The van der Waals surface area contributed by atoms with Crippen molar-refractivity contribution in [2.45, 2.75) is 33.2 Å². The Morgan fingerprint density at radius 1 is 1.06 bits per heavy atom. The molecule has 0 saturated carbocycles. The maximum atomic E-state index is 13.0. The smallest absolute Gasteiger partial charge is 0.293 e. The predicted molar refractivity (Wildman–Crippen MR) is 116 cm³/mol. The Kier molecular flexibility index (Phi) is 5.75. The highest BCUT2D eigenvalue weighted by atomic mass is 16.6. The highest BCUT2D eigenvalue weighted by Gasteiger charge is 2.27. The van der Waals surface area contributed by atoms with Crippen molar-refractivity contribution < 1.29 is 19.1 Å². The maximum absolute atomic E-state index is 13.0. The van der Waals surface area contributed by atoms with E-state index in [4.69, 9.17) is 9.47 Å². The largest absolute Gasteiger partial charge is 0.486 e. The molecular formula is C24H25N3O4. The Morgan fingerprint density at radius 3 is 2.48 bits per heavy atom. The summed E-state index contributed by atoms with van der Waals surface area (Å²) in [5.41, 5.74) is 3.19. The molecule has 0 bridgehead atoms. The molecule has 4 rings (SSSR count). The minimum Gasteiger partial charge on any atom is -0.486 e. The molecule has 7 heteroatoms. The quantitative estimate of drug-likeness (QED) is 0.487. The number of Topliss-reactive ketones (excluding diaryl/α,β-unsaturated/α-hetero) is 1. The Balaban J connectivity index is 1.56. The second-order valence-corrected chi connectivity index (χ2v) is 7.46. The van der Waals surface area contributed by atoms with Gasteiger partial charge in [-0.15, -0.1) is 0 Å². The number of benzene rings is 2. The van der Waals surface area contributed by atoms with Gasteiger partial charge in [0.2, 0.25) is 0 Å². The van der Waals surface area contributed by atoms with Crippen molar-refractivity contribution in [3.8, 4) is 17.2 Å². The fraction of sp³-hybridized carbons (Fsp3) is 0.292. The van der Waals surface area contributed by atoms with Crippen molar-refractivity contribution in [2.24, 2.45) is 0 Å². The lowest BCUT2D eigenvalue weighted by molar-refractivity contribution is -0.117. The summed E-state index contributed by atoms with van der Waals surface area (Å²) in [7, 11) is 0. The zero-order valence-electron chi connectivity index (χ0n) is 17.8. The number of carbonyl (C=O) groups excluding carboxylic acids is 2. The van der Waals surface area contributed by atoms with Crippen LogP contribution in [0.15, 0.2) is 48.5 Å². The number of hydrogen-bond donors (Lipinski definition) is 1. The number of carbonyl (C=O) groups is 2. The van der Waals surface area contributed by atoms with E-state index in [2.05, 4.69) is 10.4 Å². The number of para-hydroxylation sites is 1. The maximum Gasteiger partial charge on any atom is 0.293 e. The second kappa shape index (κ2) is 8.63. The van der Waals surface area contributed by atoms with Crippen molar-refractivity contribution in [2.75, 3.05) is 13.2 Å². The van der Waals surface area contributed by atoms with Crippen LogP contribution in [0.4, 0.5) is 0 Å². The number of hydrogen-bond acceptors (Lipinski definition) is 5. The summed E-state index contributed by atoms with van der Waals surface area (Å²) in [4.78, 5) is 25.9. The van der Waals surface area contributed by atoms with Gasteiger partial charge in [-0.3, -0.25) is 9.59 Å². The molecular weight excluding hydrogens is 394 g/mol. The molecule has 1 aliphatic heterocycles. The van der Waals surface area contributed by atoms with Crippen LogP contribution in [-0.4, -0.2) is 34.7 Å². The van der Waals surface area contributed by atoms with E-state index in [1.165, 1.54) is 0 Å². The summed E-state index contributed by atoms with van der Waals surface area (Å²) in [6, 6.07) is 14.8. The third-order valence-corrected chi connectivity index (χ3v) is 5.41.